The van der Waals surface area contributed by atoms with Crippen LogP contribution in [0.2, 0.25) is 0 Å². The van der Waals surface area contributed by atoms with Crippen LogP contribution in [0.1, 0.15) is 54.4 Å². The van der Waals surface area contributed by atoms with E-state index in [2.05, 4.69) is 4.74 Å². The van der Waals surface area contributed by atoms with E-state index in [9.17, 15) is 14.7 Å². The molecule has 1 fully saturated rings. The number of esters is 1. The van der Waals surface area contributed by atoms with E-state index in [0.717, 1.165) is 18.4 Å². The van der Waals surface area contributed by atoms with Crippen molar-refractivity contribution in [2.24, 2.45) is 5.41 Å². The Morgan fingerprint density at radius 1 is 1.35 bits per heavy atom. The maximum atomic E-state index is 11.5. The minimum Gasteiger partial charge on any atom is -0.481 e. The summed E-state index contributed by atoms with van der Waals surface area (Å²) in [6, 6.07) is 7.30. The highest BCUT2D eigenvalue weighted by molar-refractivity contribution is 5.89. The number of aliphatic carboxylic acids is 1. The van der Waals surface area contributed by atoms with Gasteiger partial charge in [-0.15, -0.1) is 0 Å². The molecule has 4 nitrogen and oxygen atoms in total. The first kappa shape index (κ1) is 14.6. The van der Waals surface area contributed by atoms with Crippen molar-refractivity contribution in [1.29, 1.82) is 0 Å². The zero-order valence-electron chi connectivity index (χ0n) is 11.9. The van der Waals surface area contributed by atoms with Gasteiger partial charge >= 0.3 is 11.9 Å². The number of carboxylic acids is 1. The van der Waals surface area contributed by atoms with Crippen molar-refractivity contribution < 1.29 is 19.4 Å². The van der Waals surface area contributed by atoms with Gasteiger partial charge in [-0.05, 0) is 49.3 Å². The second-order valence-electron chi connectivity index (χ2n) is 5.49. The summed E-state index contributed by atoms with van der Waals surface area (Å²) in [6.07, 6.45) is 2.95. The zero-order chi connectivity index (χ0) is 14.8. The maximum Gasteiger partial charge on any atom is 0.337 e. The maximum absolute atomic E-state index is 11.5. The molecule has 0 aromatic heterocycles. The minimum atomic E-state index is -0.686. The van der Waals surface area contributed by atoms with Gasteiger partial charge in [0.2, 0.25) is 0 Å². The van der Waals surface area contributed by atoms with E-state index in [1.54, 1.807) is 12.1 Å². The Hall–Kier alpha value is -1.84. The first-order valence-electron chi connectivity index (χ1n) is 6.94. The Morgan fingerprint density at radius 2 is 2.00 bits per heavy atom. The molecule has 1 aliphatic carbocycles. The number of hydrogen-bond donors (Lipinski definition) is 1. The predicted molar refractivity (Wildman–Crippen MR) is 74.7 cm³/mol. The fourth-order valence-electron chi connectivity index (χ4n) is 3.09. The van der Waals surface area contributed by atoms with E-state index in [4.69, 9.17) is 0 Å². The molecule has 0 unspecified atom stereocenters. The largest absolute Gasteiger partial charge is 0.481 e. The number of benzene rings is 1. The lowest BCUT2D eigenvalue weighted by Gasteiger charge is -2.22. The van der Waals surface area contributed by atoms with Crippen LogP contribution in [0.25, 0.3) is 0 Å². The number of carboxylic acid groups (broad SMARTS) is 1. The predicted octanol–water partition coefficient (Wildman–Crippen LogP) is 3.22. The molecule has 1 aromatic carbocycles. The van der Waals surface area contributed by atoms with Crippen molar-refractivity contribution in [3.05, 3.63) is 35.4 Å². The van der Waals surface area contributed by atoms with Gasteiger partial charge in [0.05, 0.1) is 18.1 Å². The van der Waals surface area contributed by atoms with Crippen molar-refractivity contribution in [3.63, 3.8) is 0 Å². The van der Waals surface area contributed by atoms with Crippen LogP contribution in [0.4, 0.5) is 0 Å². The van der Waals surface area contributed by atoms with Gasteiger partial charge in [-0.2, -0.15) is 0 Å². The van der Waals surface area contributed by atoms with Gasteiger partial charge in [-0.3, -0.25) is 4.79 Å². The lowest BCUT2D eigenvalue weighted by Crippen LogP contribution is -2.27. The molecule has 1 saturated carbocycles. The lowest BCUT2D eigenvalue weighted by atomic mass is 9.82. The van der Waals surface area contributed by atoms with Crippen LogP contribution in [-0.2, 0) is 9.53 Å². The molecule has 0 radical (unpaired) electrons. The quantitative estimate of drug-likeness (QED) is 0.858. The van der Waals surface area contributed by atoms with Gasteiger partial charge in [0.25, 0.3) is 0 Å². The van der Waals surface area contributed by atoms with Crippen LogP contribution < -0.4 is 0 Å². The Bertz CT molecular complexity index is 506. The molecule has 0 aliphatic heterocycles. The second-order valence-corrected chi connectivity index (χ2v) is 5.49. The molecule has 1 N–H and O–H groups in total. The minimum absolute atomic E-state index is 0.262. The third-order valence-electron chi connectivity index (χ3n) is 4.54. The monoisotopic (exact) mass is 276 g/mol. The number of carbonyl (C=O) groups excluding carboxylic acids is 1. The summed E-state index contributed by atoms with van der Waals surface area (Å²) in [6.45, 7) is 1.94. The van der Waals surface area contributed by atoms with Crippen LogP contribution in [0.3, 0.4) is 0 Å². The molecule has 20 heavy (non-hydrogen) atoms. The molecule has 0 saturated heterocycles. The fraction of sp³-hybridized carbons (Fsp3) is 0.500. The van der Waals surface area contributed by atoms with Gasteiger partial charge in [0.1, 0.15) is 0 Å². The number of methoxy groups -OCH3 is 1. The molecule has 0 bridgehead atoms. The van der Waals surface area contributed by atoms with Gasteiger partial charge in [-0.25, -0.2) is 4.79 Å². The molecular formula is C16H20O4. The van der Waals surface area contributed by atoms with E-state index >= 15 is 0 Å². The molecule has 0 heterocycles. The number of rotatable bonds is 4. The standard InChI is InChI=1S/C16H20O4/c1-3-16(15(18)19)9-8-13(10-16)11-4-6-12(7-5-11)14(17)20-2/h4-7,13H,3,8-10H2,1-2H3,(H,18,19)/t13-,16+/m0/s1. The molecule has 0 amide bonds. The van der Waals surface area contributed by atoms with Crippen molar-refractivity contribution in [2.45, 2.75) is 38.5 Å². The Morgan fingerprint density at radius 3 is 2.45 bits per heavy atom. The third-order valence-corrected chi connectivity index (χ3v) is 4.54. The molecule has 1 aromatic rings. The summed E-state index contributed by atoms with van der Waals surface area (Å²) in [5.74, 6) is -0.775. The van der Waals surface area contributed by atoms with Crippen molar-refractivity contribution >= 4 is 11.9 Å². The van der Waals surface area contributed by atoms with E-state index in [1.807, 2.05) is 19.1 Å². The van der Waals surface area contributed by atoms with Gasteiger partial charge in [-0.1, -0.05) is 19.1 Å². The van der Waals surface area contributed by atoms with Gasteiger partial charge < -0.3 is 9.84 Å². The molecule has 0 spiro atoms. The average Bonchev–Trinajstić information content (AvgIpc) is 2.92. The van der Waals surface area contributed by atoms with E-state index in [-0.39, 0.29) is 11.9 Å². The number of hydrogen-bond acceptors (Lipinski definition) is 3. The Balaban J connectivity index is 2.14. The molecule has 1 aliphatic rings. The highest BCUT2D eigenvalue weighted by Crippen LogP contribution is 2.48. The zero-order valence-corrected chi connectivity index (χ0v) is 11.9. The first-order chi connectivity index (χ1) is 9.52. The summed E-state index contributed by atoms with van der Waals surface area (Å²) in [4.78, 5) is 22.8. The Labute approximate surface area is 118 Å². The highest BCUT2D eigenvalue weighted by atomic mass is 16.5. The third kappa shape index (κ3) is 2.55. The van der Waals surface area contributed by atoms with Crippen LogP contribution >= 0.6 is 0 Å². The van der Waals surface area contributed by atoms with Crippen LogP contribution in [0, 0.1) is 5.41 Å². The van der Waals surface area contributed by atoms with Crippen LogP contribution in [-0.4, -0.2) is 24.2 Å². The second kappa shape index (κ2) is 5.65. The highest BCUT2D eigenvalue weighted by Gasteiger charge is 2.44. The summed E-state index contributed by atoms with van der Waals surface area (Å²) in [7, 11) is 1.36. The Kier molecular flexibility index (Phi) is 4.12. The summed E-state index contributed by atoms with van der Waals surface area (Å²) < 4.78 is 4.67. The van der Waals surface area contributed by atoms with Crippen molar-refractivity contribution in [1.82, 2.24) is 0 Å². The normalized spacial score (nSPS) is 25.4. The SMILES string of the molecule is CC[C@@]1(C(=O)O)CC[C@H](c2ccc(C(=O)OC)cc2)C1. The molecule has 2 rings (SSSR count). The van der Waals surface area contributed by atoms with E-state index in [0.29, 0.717) is 18.4 Å². The molecular weight excluding hydrogens is 256 g/mol. The van der Waals surface area contributed by atoms with Gasteiger partial charge in [0.15, 0.2) is 0 Å². The number of carbonyl (C=O) groups is 2. The topological polar surface area (TPSA) is 63.6 Å². The number of ether oxygens (including phenoxy) is 1. The molecule has 108 valence electrons. The molecule has 4 heteroatoms. The van der Waals surface area contributed by atoms with Gasteiger partial charge in [0, 0.05) is 0 Å². The summed E-state index contributed by atoms with van der Waals surface area (Å²) in [5, 5.41) is 9.42. The van der Waals surface area contributed by atoms with Crippen molar-refractivity contribution in [2.75, 3.05) is 7.11 Å². The lowest BCUT2D eigenvalue weighted by molar-refractivity contribution is -0.148. The smallest absolute Gasteiger partial charge is 0.337 e. The summed E-state index contributed by atoms with van der Waals surface area (Å²) in [5.41, 5.74) is 1.05. The van der Waals surface area contributed by atoms with Crippen LogP contribution in [0.5, 0.6) is 0 Å². The molecule has 2 atom stereocenters. The average molecular weight is 276 g/mol. The first-order valence-corrected chi connectivity index (χ1v) is 6.94. The van der Waals surface area contributed by atoms with E-state index < -0.39 is 11.4 Å². The van der Waals surface area contributed by atoms with Crippen molar-refractivity contribution in [3.8, 4) is 0 Å². The summed E-state index contributed by atoms with van der Waals surface area (Å²) >= 11 is 0. The fourth-order valence-corrected chi connectivity index (χ4v) is 3.09. The van der Waals surface area contributed by atoms with E-state index in [1.165, 1.54) is 7.11 Å². The van der Waals surface area contributed by atoms with Crippen LogP contribution in [0.15, 0.2) is 24.3 Å².